The Balaban J connectivity index is 1.92. The molecule has 3 aromatic rings. The number of carboxylic acids is 1. The van der Waals surface area contributed by atoms with Crippen LogP contribution in [0, 0.1) is 6.92 Å². The van der Waals surface area contributed by atoms with Gasteiger partial charge in [0.05, 0.1) is 17.4 Å². The summed E-state index contributed by atoms with van der Waals surface area (Å²) in [7, 11) is 0. The molecule has 0 aliphatic rings. The number of anilines is 2. The summed E-state index contributed by atoms with van der Waals surface area (Å²) in [5.41, 5.74) is 3.52. The summed E-state index contributed by atoms with van der Waals surface area (Å²) in [6.07, 6.45) is 0.271. The maximum Gasteiger partial charge on any atom is 0.307 e. The van der Waals surface area contributed by atoms with Crippen molar-refractivity contribution in [2.75, 3.05) is 5.32 Å². The van der Waals surface area contributed by atoms with E-state index in [0.29, 0.717) is 5.82 Å². The van der Waals surface area contributed by atoms with Crippen LogP contribution in [0.15, 0.2) is 36.4 Å². The van der Waals surface area contributed by atoms with Gasteiger partial charge in [0.15, 0.2) is 5.82 Å². The van der Waals surface area contributed by atoms with Gasteiger partial charge < -0.3 is 15.5 Å². The maximum atomic E-state index is 10.8. The molecule has 1 unspecified atom stereocenters. The fourth-order valence-corrected chi connectivity index (χ4v) is 3.83. The second kappa shape index (κ2) is 8.50. The molecule has 0 saturated carbocycles. The Hall–Kier alpha value is -2.77. The van der Waals surface area contributed by atoms with Crippen LogP contribution in [-0.2, 0) is 17.6 Å². The summed E-state index contributed by atoms with van der Waals surface area (Å²) in [5.74, 6) is 0.511. The molecule has 6 nitrogen and oxygen atoms in total. The summed E-state index contributed by atoms with van der Waals surface area (Å²) >= 11 is 1.48. The van der Waals surface area contributed by atoms with Crippen LogP contribution in [0.3, 0.4) is 0 Å². The van der Waals surface area contributed by atoms with Gasteiger partial charge in [-0.3, -0.25) is 4.79 Å². The number of hydrogen-bond acceptors (Lipinski definition) is 6. The quantitative estimate of drug-likeness (QED) is 0.543. The predicted molar refractivity (Wildman–Crippen MR) is 111 cm³/mol. The molecule has 0 fully saturated rings. The molecule has 0 aliphatic heterocycles. The van der Waals surface area contributed by atoms with Crippen LogP contribution in [0.25, 0.3) is 10.7 Å². The van der Waals surface area contributed by atoms with E-state index in [-0.39, 0.29) is 6.42 Å². The van der Waals surface area contributed by atoms with E-state index in [1.54, 1.807) is 19.1 Å². The standard InChI is InChI=1S/C21H23N3O3S/c1-4-16-12(2)22-21(18-10-9-17(28-18)13(3)25)24-20(16)23-15-7-5-14(6-8-15)11-19(26)27/h5-10,13,25H,4,11H2,1-3H3,(H,26,27)(H,22,23,24). The number of carboxylic acid groups (broad SMARTS) is 1. The number of benzene rings is 1. The molecule has 28 heavy (non-hydrogen) atoms. The largest absolute Gasteiger partial charge is 0.481 e. The first-order chi connectivity index (χ1) is 13.4. The highest BCUT2D eigenvalue weighted by atomic mass is 32.1. The fraction of sp³-hybridized carbons (Fsp3) is 0.286. The molecule has 7 heteroatoms. The molecule has 0 spiro atoms. The minimum Gasteiger partial charge on any atom is -0.481 e. The lowest BCUT2D eigenvalue weighted by atomic mass is 10.1. The zero-order valence-electron chi connectivity index (χ0n) is 16.1. The lowest BCUT2D eigenvalue weighted by molar-refractivity contribution is -0.136. The third kappa shape index (κ3) is 4.55. The van der Waals surface area contributed by atoms with Crippen molar-refractivity contribution in [3.05, 3.63) is 58.1 Å². The first-order valence-corrected chi connectivity index (χ1v) is 9.92. The van der Waals surface area contributed by atoms with E-state index < -0.39 is 12.1 Å². The number of aromatic nitrogens is 2. The fourth-order valence-electron chi connectivity index (χ4n) is 2.95. The van der Waals surface area contributed by atoms with E-state index in [9.17, 15) is 9.90 Å². The Morgan fingerprint density at radius 2 is 1.89 bits per heavy atom. The third-order valence-corrected chi connectivity index (χ3v) is 5.65. The maximum absolute atomic E-state index is 10.8. The molecule has 0 aliphatic carbocycles. The Morgan fingerprint density at radius 1 is 1.18 bits per heavy atom. The molecule has 2 heterocycles. The Morgan fingerprint density at radius 3 is 2.46 bits per heavy atom. The SMILES string of the molecule is CCc1c(C)nc(-c2ccc(C(C)O)s2)nc1Nc1ccc(CC(=O)O)cc1. The summed E-state index contributed by atoms with van der Waals surface area (Å²) in [5, 5.41) is 22.0. The number of aliphatic carboxylic acids is 1. The first-order valence-electron chi connectivity index (χ1n) is 9.10. The van der Waals surface area contributed by atoms with E-state index in [4.69, 9.17) is 10.1 Å². The molecule has 3 N–H and O–H groups in total. The van der Waals surface area contributed by atoms with Crippen molar-refractivity contribution in [1.82, 2.24) is 9.97 Å². The number of carbonyl (C=O) groups is 1. The van der Waals surface area contributed by atoms with Gasteiger partial charge in [0.2, 0.25) is 0 Å². The van der Waals surface area contributed by atoms with Gasteiger partial charge in [-0.15, -0.1) is 11.3 Å². The van der Waals surface area contributed by atoms with Gasteiger partial charge in [-0.05, 0) is 50.1 Å². The molecule has 0 saturated heterocycles. The van der Waals surface area contributed by atoms with Crippen molar-refractivity contribution in [2.24, 2.45) is 0 Å². The molecule has 0 amide bonds. The smallest absolute Gasteiger partial charge is 0.307 e. The highest BCUT2D eigenvalue weighted by Crippen LogP contribution is 2.32. The van der Waals surface area contributed by atoms with Crippen LogP contribution in [0.4, 0.5) is 11.5 Å². The number of aryl methyl sites for hydroxylation is 1. The van der Waals surface area contributed by atoms with Crippen LogP contribution in [-0.4, -0.2) is 26.2 Å². The normalized spacial score (nSPS) is 12.0. The van der Waals surface area contributed by atoms with Crippen molar-refractivity contribution >= 4 is 28.8 Å². The van der Waals surface area contributed by atoms with Crippen LogP contribution < -0.4 is 5.32 Å². The van der Waals surface area contributed by atoms with E-state index in [2.05, 4.69) is 17.2 Å². The first kappa shape index (κ1) is 20.0. The number of nitrogens with one attached hydrogen (secondary N) is 1. The lowest BCUT2D eigenvalue weighted by Gasteiger charge is -2.14. The summed E-state index contributed by atoms with van der Waals surface area (Å²) in [6.45, 7) is 5.76. The second-order valence-corrected chi connectivity index (χ2v) is 7.70. The molecule has 3 rings (SSSR count). The highest BCUT2D eigenvalue weighted by molar-refractivity contribution is 7.15. The Kier molecular flexibility index (Phi) is 6.06. The zero-order chi connectivity index (χ0) is 20.3. The highest BCUT2D eigenvalue weighted by Gasteiger charge is 2.15. The average Bonchev–Trinajstić information content (AvgIpc) is 3.13. The minimum atomic E-state index is -0.849. The van der Waals surface area contributed by atoms with Crippen molar-refractivity contribution in [3.8, 4) is 10.7 Å². The van der Waals surface area contributed by atoms with E-state index >= 15 is 0 Å². The summed E-state index contributed by atoms with van der Waals surface area (Å²) < 4.78 is 0. The number of aliphatic hydroxyl groups excluding tert-OH is 1. The van der Waals surface area contributed by atoms with Crippen molar-refractivity contribution in [1.29, 1.82) is 0 Å². The Bertz CT molecular complexity index is 981. The molecule has 146 valence electrons. The van der Waals surface area contributed by atoms with Crippen molar-refractivity contribution in [3.63, 3.8) is 0 Å². The van der Waals surface area contributed by atoms with Gasteiger partial charge in [0.1, 0.15) is 5.82 Å². The van der Waals surface area contributed by atoms with E-state index in [1.165, 1.54) is 11.3 Å². The molecular weight excluding hydrogens is 374 g/mol. The molecule has 0 radical (unpaired) electrons. The van der Waals surface area contributed by atoms with Crippen LogP contribution >= 0.6 is 11.3 Å². The minimum absolute atomic E-state index is 0.00123. The molecule has 1 aromatic carbocycles. The van der Waals surface area contributed by atoms with Crippen molar-refractivity contribution < 1.29 is 15.0 Å². The molecule has 0 bridgehead atoms. The van der Waals surface area contributed by atoms with Crippen LogP contribution in [0.5, 0.6) is 0 Å². The van der Waals surface area contributed by atoms with Gasteiger partial charge >= 0.3 is 5.97 Å². The van der Waals surface area contributed by atoms with Crippen LogP contribution in [0.2, 0.25) is 0 Å². The van der Waals surface area contributed by atoms with Gasteiger partial charge in [-0.1, -0.05) is 19.1 Å². The number of aliphatic hydroxyl groups is 1. The van der Waals surface area contributed by atoms with Gasteiger partial charge in [0, 0.05) is 21.8 Å². The van der Waals surface area contributed by atoms with Crippen LogP contribution in [0.1, 0.15) is 41.6 Å². The Labute approximate surface area is 167 Å². The van der Waals surface area contributed by atoms with E-state index in [1.807, 2.05) is 31.2 Å². The zero-order valence-corrected chi connectivity index (χ0v) is 16.9. The summed E-state index contributed by atoms with van der Waals surface area (Å²) in [4.78, 5) is 22.0. The van der Waals surface area contributed by atoms with Gasteiger partial charge in [-0.25, -0.2) is 9.97 Å². The van der Waals surface area contributed by atoms with Gasteiger partial charge in [-0.2, -0.15) is 0 Å². The molecule has 2 aromatic heterocycles. The number of rotatable bonds is 7. The predicted octanol–water partition coefficient (Wildman–Crippen LogP) is 4.50. The van der Waals surface area contributed by atoms with Gasteiger partial charge in [0.25, 0.3) is 0 Å². The molecule has 1 atom stereocenters. The van der Waals surface area contributed by atoms with E-state index in [0.717, 1.165) is 44.5 Å². The summed E-state index contributed by atoms with van der Waals surface area (Å²) in [6, 6.07) is 11.1. The second-order valence-electron chi connectivity index (χ2n) is 6.58. The monoisotopic (exact) mass is 397 g/mol. The van der Waals surface area contributed by atoms with Crippen molar-refractivity contribution in [2.45, 2.75) is 39.7 Å². The molecular formula is C21H23N3O3S. The number of hydrogen-bond donors (Lipinski definition) is 3. The third-order valence-electron chi connectivity index (χ3n) is 4.40. The number of thiophene rings is 1. The number of nitrogens with zero attached hydrogens (tertiary/aromatic N) is 2. The topological polar surface area (TPSA) is 95.3 Å². The average molecular weight is 398 g/mol. The lowest BCUT2D eigenvalue weighted by Crippen LogP contribution is -2.05.